The van der Waals surface area contributed by atoms with Crippen LogP contribution < -0.4 is 4.90 Å². The first kappa shape index (κ1) is 14.5. The minimum absolute atomic E-state index is 0.143. The molecule has 0 unspecified atom stereocenters. The van der Waals surface area contributed by atoms with Gasteiger partial charge in [0.15, 0.2) is 5.65 Å². The van der Waals surface area contributed by atoms with Crippen LogP contribution in [-0.4, -0.2) is 38.9 Å². The lowest BCUT2D eigenvalue weighted by molar-refractivity contribution is 0.265. The smallest absolute Gasteiger partial charge is 0.168 e. The van der Waals surface area contributed by atoms with E-state index in [1.54, 1.807) is 12.4 Å². The van der Waals surface area contributed by atoms with Gasteiger partial charge in [-0.3, -0.25) is 0 Å². The number of fused-ring (bicyclic) bond motifs is 2. The van der Waals surface area contributed by atoms with E-state index in [-0.39, 0.29) is 12.6 Å². The monoisotopic (exact) mass is 334 g/mol. The average molecular weight is 334 g/mol. The zero-order valence-electron chi connectivity index (χ0n) is 13.7. The van der Waals surface area contributed by atoms with Crippen molar-refractivity contribution in [2.24, 2.45) is 0 Å². The fourth-order valence-corrected chi connectivity index (χ4v) is 3.71. The van der Waals surface area contributed by atoms with Crippen molar-refractivity contribution in [1.82, 2.24) is 14.6 Å². The summed E-state index contributed by atoms with van der Waals surface area (Å²) in [6.07, 6.45) is 5.67. The van der Waals surface area contributed by atoms with Crippen LogP contribution in [-0.2, 0) is 0 Å². The molecule has 0 saturated carbocycles. The first-order valence-corrected chi connectivity index (χ1v) is 8.54. The number of anilines is 1. The van der Waals surface area contributed by atoms with Crippen molar-refractivity contribution in [3.63, 3.8) is 0 Å². The van der Waals surface area contributed by atoms with Crippen LogP contribution in [0.3, 0.4) is 0 Å². The molecule has 4 heterocycles. The lowest BCUT2D eigenvalue weighted by Gasteiger charge is -2.25. The van der Waals surface area contributed by atoms with Crippen molar-refractivity contribution in [2.45, 2.75) is 18.9 Å². The molecule has 0 spiro atoms. The Kier molecular flexibility index (Phi) is 3.24. The summed E-state index contributed by atoms with van der Waals surface area (Å²) in [4.78, 5) is 6.73. The second-order valence-corrected chi connectivity index (χ2v) is 6.42. The van der Waals surface area contributed by atoms with Gasteiger partial charge in [0.1, 0.15) is 17.2 Å². The number of hydrogen-bond donors (Lipinski definition) is 1. The molecule has 1 N–H and O–H groups in total. The van der Waals surface area contributed by atoms with Crippen LogP contribution in [0.4, 0.5) is 5.82 Å². The molecule has 4 aromatic rings. The molecule has 1 atom stereocenters. The molecule has 0 bridgehead atoms. The normalized spacial score (nSPS) is 17.8. The molecule has 1 aromatic carbocycles. The molecular formula is C19H18N4O2. The molecule has 0 aliphatic carbocycles. The van der Waals surface area contributed by atoms with Crippen molar-refractivity contribution >= 4 is 22.4 Å². The van der Waals surface area contributed by atoms with Gasteiger partial charge in [-0.2, -0.15) is 9.61 Å². The molecule has 126 valence electrons. The van der Waals surface area contributed by atoms with Gasteiger partial charge >= 0.3 is 0 Å². The van der Waals surface area contributed by atoms with Gasteiger partial charge < -0.3 is 14.4 Å². The first-order chi connectivity index (χ1) is 12.3. The summed E-state index contributed by atoms with van der Waals surface area (Å²) in [5.74, 6) is 1.73. The molecule has 5 rings (SSSR count). The third-order valence-corrected chi connectivity index (χ3v) is 4.95. The van der Waals surface area contributed by atoms with Crippen molar-refractivity contribution in [3.05, 3.63) is 48.8 Å². The van der Waals surface area contributed by atoms with Crippen LogP contribution >= 0.6 is 0 Å². The predicted octanol–water partition coefficient (Wildman–Crippen LogP) is 3.10. The topological polar surface area (TPSA) is 66.8 Å². The van der Waals surface area contributed by atoms with Gasteiger partial charge in [0, 0.05) is 18.1 Å². The van der Waals surface area contributed by atoms with Gasteiger partial charge in [0.05, 0.1) is 24.4 Å². The summed E-state index contributed by atoms with van der Waals surface area (Å²) in [6, 6.07) is 12.1. The first-order valence-electron chi connectivity index (χ1n) is 8.54. The van der Waals surface area contributed by atoms with E-state index >= 15 is 0 Å². The Bertz CT molecular complexity index is 1020. The van der Waals surface area contributed by atoms with Crippen LogP contribution in [0.15, 0.2) is 53.2 Å². The number of benzene rings is 1. The van der Waals surface area contributed by atoms with Gasteiger partial charge in [0.25, 0.3) is 0 Å². The van der Waals surface area contributed by atoms with E-state index < -0.39 is 0 Å². The zero-order chi connectivity index (χ0) is 16.8. The quantitative estimate of drug-likeness (QED) is 0.623. The molecule has 1 fully saturated rings. The maximum atomic E-state index is 9.63. The van der Waals surface area contributed by atoms with Gasteiger partial charge in [0.2, 0.25) is 0 Å². The molecule has 1 saturated heterocycles. The highest BCUT2D eigenvalue weighted by Gasteiger charge is 2.26. The van der Waals surface area contributed by atoms with Crippen LogP contribution in [0.1, 0.15) is 12.8 Å². The third-order valence-electron chi connectivity index (χ3n) is 4.95. The summed E-state index contributed by atoms with van der Waals surface area (Å²) in [5.41, 5.74) is 2.49. The minimum Gasteiger partial charge on any atom is -0.456 e. The van der Waals surface area contributed by atoms with Crippen LogP contribution in [0.2, 0.25) is 0 Å². The van der Waals surface area contributed by atoms with Gasteiger partial charge in [-0.15, -0.1) is 0 Å². The van der Waals surface area contributed by atoms with Crippen molar-refractivity contribution in [3.8, 4) is 11.3 Å². The second-order valence-electron chi connectivity index (χ2n) is 6.42. The Morgan fingerprint density at radius 1 is 1.24 bits per heavy atom. The largest absolute Gasteiger partial charge is 0.456 e. The number of aliphatic hydroxyl groups is 1. The van der Waals surface area contributed by atoms with E-state index in [9.17, 15) is 5.11 Å². The minimum atomic E-state index is 0.143. The molecule has 6 nitrogen and oxygen atoms in total. The fraction of sp³-hybridized carbons (Fsp3) is 0.263. The highest BCUT2D eigenvalue weighted by atomic mass is 16.3. The lowest BCUT2D eigenvalue weighted by Crippen LogP contribution is -2.33. The number of rotatable bonds is 3. The molecule has 1 aliphatic heterocycles. The lowest BCUT2D eigenvalue weighted by atomic mass is 10.2. The SMILES string of the molecule is OC[C@@H]1CCCN1c1ccnc2c(-c3cc4ccccc4o3)cnn12. The van der Waals surface area contributed by atoms with Gasteiger partial charge in [-0.05, 0) is 31.0 Å². The molecule has 3 aromatic heterocycles. The van der Waals surface area contributed by atoms with Crippen LogP contribution in [0.25, 0.3) is 27.9 Å². The Morgan fingerprint density at radius 2 is 2.16 bits per heavy atom. The summed E-state index contributed by atoms with van der Waals surface area (Å²) in [6.45, 7) is 1.08. The van der Waals surface area contributed by atoms with Crippen LogP contribution in [0, 0.1) is 0 Å². The van der Waals surface area contributed by atoms with E-state index in [0.717, 1.165) is 53.1 Å². The number of para-hydroxylation sites is 1. The highest BCUT2D eigenvalue weighted by Crippen LogP contribution is 2.32. The number of hydrogen-bond acceptors (Lipinski definition) is 5. The summed E-state index contributed by atoms with van der Waals surface area (Å²) in [5, 5.41) is 15.2. The Labute approximate surface area is 144 Å². The summed E-state index contributed by atoms with van der Waals surface area (Å²) in [7, 11) is 0. The van der Waals surface area contributed by atoms with E-state index in [1.165, 1.54) is 0 Å². The van der Waals surface area contributed by atoms with Crippen molar-refractivity contribution < 1.29 is 9.52 Å². The number of aromatic nitrogens is 3. The van der Waals surface area contributed by atoms with Gasteiger partial charge in [-0.1, -0.05) is 18.2 Å². The van der Waals surface area contributed by atoms with Crippen molar-refractivity contribution in [1.29, 1.82) is 0 Å². The average Bonchev–Trinajstić information content (AvgIpc) is 3.37. The Morgan fingerprint density at radius 3 is 3.04 bits per heavy atom. The number of nitrogens with zero attached hydrogens (tertiary/aromatic N) is 4. The van der Waals surface area contributed by atoms with E-state index in [1.807, 2.05) is 40.9 Å². The maximum Gasteiger partial charge on any atom is 0.168 e. The van der Waals surface area contributed by atoms with E-state index in [4.69, 9.17) is 4.42 Å². The third kappa shape index (κ3) is 2.21. The predicted molar refractivity (Wildman–Crippen MR) is 95.6 cm³/mol. The molecule has 1 aliphatic rings. The number of furan rings is 1. The molecular weight excluding hydrogens is 316 g/mol. The molecule has 25 heavy (non-hydrogen) atoms. The second kappa shape index (κ2) is 5.60. The zero-order valence-corrected chi connectivity index (χ0v) is 13.7. The van der Waals surface area contributed by atoms with E-state index in [2.05, 4.69) is 15.0 Å². The Hall–Kier alpha value is -2.86. The van der Waals surface area contributed by atoms with E-state index in [0.29, 0.717) is 0 Å². The maximum absolute atomic E-state index is 9.63. The molecule has 6 heteroatoms. The summed E-state index contributed by atoms with van der Waals surface area (Å²) < 4.78 is 7.82. The van der Waals surface area contributed by atoms with Crippen LogP contribution in [0.5, 0.6) is 0 Å². The molecule has 0 amide bonds. The standard InChI is InChI=1S/C19H18N4O2/c24-12-14-5-3-9-22(14)18-7-8-20-19-15(11-21-23(18)19)17-10-13-4-1-2-6-16(13)25-17/h1-2,4,6-8,10-11,14,24H,3,5,9,12H2/t14-/m0/s1. The molecule has 0 radical (unpaired) electrons. The summed E-state index contributed by atoms with van der Waals surface area (Å²) >= 11 is 0. The fourth-order valence-electron chi connectivity index (χ4n) is 3.71. The van der Waals surface area contributed by atoms with Crippen molar-refractivity contribution in [2.75, 3.05) is 18.1 Å². The highest BCUT2D eigenvalue weighted by molar-refractivity contribution is 5.86. The Balaban J connectivity index is 1.65. The van der Waals surface area contributed by atoms with Gasteiger partial charge in [-0.25, -0.2) is 4.98 Å². The number of aliphatic hydroxyl groups excluding tert-OH is 1.